The summed E-state index contributed by atoms with van der Waals surface area (Å²) in [6, 6.07) is 4.59. The molecule has 5 heterocycles. The summed E-state index contributed by atoms with van der Waals surface area (Å²) < 4.78 is 21.0. The quantitative estimate of drug-likeness (QED) is 0.170. The Morgan fingerprint density at radius 1 is 1.08 bits per heavy atom. The zero-order valence-corrected chi connectivity index (χ0v) is 30.9. The molecular weight excluding hydrogens is 650 g/mol. The Bertz CT molecular complexity index is 1750. The van der Waals surface area contributed by atoms with Crippen molar-refractivity contribution in [1.82, 2.24) is 29.6 Å². The number of hydrogen-bond acceptors (Lipinski definition) is 8. The number of carbonyl (C=O) groups excluding carboxylic acids is 1. The van der Waals surface area contributed by atoms with Crippen LogP contribution in [0.1, 0.15) is 52.9 Å². The van der Waals surface area contributed by atoms with Crippen LogP contribution in [0.25, 0.3) is 33.2 Å². The lowest BCUT2D eigenvalue weighted by Gasteiger charge is -2.49. The van der Waals surface area contributed by atoms with Gasteiger partial charge in [0.05, 0.1) is 36.5 Å². The third-order valence-corrected chi connectivity index (χ3v) is 10.9. The van der Waals surface area contributed by atoms with E-state index in [0.717, 1.165) is 76.9 Å². The Morgan fingerprint density at radius 2 is 1.83 bits per heavy atom. The van der Waals surface area contributed by atoms with Crippen LogP contribution >= 0.6 is 21.6 Å². The highest BCUT2D eigenvalue weighted by Gasteiger charge is 2.40. The van der Waals surface area contributed by atoms with E-state index < -0.39 is 15.6 Å². The maximum Gasteiger partial charge on any atom is 0.407 e. The van der Waals surface area contributed by atoms with Gasteiger partial charge < -0.3 is 29.0 Å². The van der Waals surface area contributed by atoms with Gasteiger partial charge in [0.1, 0.15) is 23.7 Å². The molecule has 13 heteroatoms. The zero-order chi connectivity index (χ0) is 34.2. The van der Waals surface area contributed by atoms with E-state index in [1.54, 1.807) is 7.11 Å². The number of anilines is 1. The first-order valence-corrected chi connectivity index (χ1v) is 20.2. The molecule has 4 aromatic rings. The maximum atomic E-state index is 12.6. The van der Waals surface area contributed by atoms with E-state index in [1.165, 1.54) is 0 Å². The molecule has 3 aromatic heterocycles. The molecule has 3 atom stereocenters. The van der Waals surface area contributed by atoms with Gasteiger partial charge in [-0.2, -0.15) is 5.10 Å². The molecule has 2 saturated heterocycles. The Balaban J connectivity index is 1.32. The number of amides is 1. The average molecular weight is 700 g/mol. The van der Waals surface area contributed by atoms with Crippen molar-refractivity contribution >= 4 is 55.6 Å². The van der Waals surface area contributed by atoms with Gasteiger partial charge in [0.25, 0.3) is 0 Å². The SMILES string of the molecule is COCCn1cc2c(Cl)c(-c3cn(COCCS(C)(C)C)c4nc(N5[C@@H]6CCC[C@H]5CC(NC(=O)OC(C)(C)C)C6)cnc34)ccc2n1. The monoisotopic (exact) mass is 699 g/mol. The second-order valence-corrected chi connectivity index (χ2v) is 19.9. The Kier molecular flexibility index (Phi) is 10.2. The molecule has 0 aliphatic carbocycles. The van der Waals surface area contributed by atoms with Crippen molar-refractivity contribution in [2.45, 2.75) is 89.9 Å². The van der Waals surface area contributed by atoms with Gasteiger partial charge in [-0.3, -0.25) is 4.68 Å². The van der Waals surface area contributed by atoms with Crippen LogP contribution in [-0.2, 0) is 27.5 Å². The molecule has 2 fully saturated rings. The first-order chi connectivity index (χ1) is 22.8. The summed E-state index contributed by atoms with van der Waals surface area (Å²) in [4.78, 5) is 25.4. The highest BCUT2D eigenvalue weighted by atomic mass is 35.5. The van der Waals surface area contributed by atoms with Gasteiger partial charge in [-0.25, -0.2) is 24.8 Å². The number of benzene rings is 1. The number of ether oxygens (including phenoxy) is 3. The van der Waals surface area contributed by atoms with Crippen LogP contribution in [0.15, 0.2) is 30.7 Å². The number of nitrogens with one attached hydrogen (secondary N) is 1. The van der Waals surface area contributed by atoms with Crippen LogP contribution in [0.2, 0.25) is 5.02 Å². The Labute approximate surface area is 290 Å². The lowest BCUT2D eigenvalue weighted by atomic mass is 9.82. The summed E-state index contributed by atoms with van der Waals surface area (Å²) in [6.45, 7) is 7.93. The van der Waals surface area contributed by atoms with E-state index in [2.05, 4.69) is 44.8 Å². The molecule has 1 N–H and O–H groups in total. The molecule has 0 radical (unpaired) electrons. The van der Waals surface area contributed by atoms with Crippen LogP contribution in [-0.4, -0.2) is 99.0 Å². The summed E-state index contributed by atoms with van der Waals surface area (Å²) in [7, 11) is 1.01. The lowest BCUT2D eigenvalue weighted by molar-refractivity contribution is 0.0482. The minimum absolute atomic E-state index is 0.0628. The molecule has 0 saturated carbocycles. The van der Waals surface area contributed by atoms with Crippen molar-refractivity contribution < 1.29 is 19.0 Å². The molecule has 2 aliphatic rings. The van der Waals surface area contributed by atoms with Crippen LogP contribution in [0, 0.1) is 0 Å². The van der Waals surface area contributed by atoms with E-state index >= 15 is 0 Å². The summed E-state index contributed by atoms with van der Waals surface area (Å²) in [6.07, 6.45) is 17.4. The van der Waals surface area contributed by atoms with E-state index in [9.17, 15) is 4.79 Å². The van der Waals surface area contributed by atoms with Crippen molar-refractivity contribution in [2.24, 2.45) is 0 Å². The van der Waals surface area contributed by atoms with Gasteiger partial charge in [-0.05, 0) is 77.7 Å². The summed E-state index contributed by atoms with van der Waals surface area (Å²) in [5, 5.41) is 9.33. The van der Waals surface area contributed by atoms with E-state index in [-0.39, 0.29) is 24.2 Å². The predicted molar refractivity (Wildman–Crippen MR) is 196 cm³/mol. The van der Waals surface area contributed by atoms with Gasteiger partial charge in [0.15, 0.2) is 5.65 Å². The topological polar surface area (TPSA) is 109 Å². The number of rotatable bonds is 11. The van der Waals surface area contributed by atoms with Gasteiger partial charge in [0, 0.05) is 59.9 Å². The van der Waals surface area contributed by atoms with Crippen molar-refractivity contribution in [2.75, 3.05) is 49.7 Å². The number of piperidine rings is 2. The van der Waals surface area contributed by atoms with Crippen LogP contribution in [0.5, 0.6) is 0 Å². The molecular formula is C35H50ClN7O4S. The van der Waals surface area contributed by atoms with Crippen molar-refractivity contribution in [1.29, 1.82) is 0 Å². The van der Waals surface area contributed by atoms with E-state index in [0.29, 0.717) is 31.5 Å². The number of aromatic nitrogens is 5. The predicted octanol–water partition coefficient (Wildman–Crippen LogP) is 6.83. The van der Waals surface area contributed by atoms with Crippen LogP contribution < -0.4 is 10.2 Å². The van der Waals surface area contributed by atoms with Gasteiger partial charge >= 0.3 is 6.09 Å². The summed E-state index contributed by atoms with van der Waals surface area (Å²) >= 11 is 7.10. The number of methoxy groups -OCH3 is 1. The van der Waals surface area contributed by atoms with Crippen molar-refractivity contribution in [3.05, 3.63) is 35.7 Å². The number of nitrogens with zero attached hydrogens (tertiary/aromatic N) is 6. The molecule has 1 aromatic carbocycles. The normalized spacial score (nSPS) is 20.4. The standard InChI is InChI=1S/C35H50ClN7O4S/c1-35(2,3)47-34(44)38-23-17-24-9-8-10-25(18-23)43(24)30-19-37-32-27(20-41(33(32)39-30)22-46-15-16-48(5,6)7)26-11-12-29-28(31(26)36)21-42(40-29)13-14-45-4/h11-12,19-21,23-25H,8-10,13-18,22H2,1-7H3,(H,38,44)/t23?,24-,25+. The van der Waals surface area contributed by atoms with Gasteiger partial charge in [-0.1, -0.05) is 17.7 Å². The third-order valence-electron chi connectivity index (χ3n) is 9.07. The number of halogens is 1. The third kappa shape index (κ3) is 7.87. The van der Waals surface area contributed by atoms with Gasteiger partial charge in [-0.15, -0.1) is 0 Å². The van der Waals surface area contributed by atoms with Crippen LogP contribution in [0.3, 0.4) is 0 Å². The first kappa shape index (κ1) is 34.8. The largest absolute Gasteiger partial charge is 0.444 e. The molecule has 48 heavy (non-hydrogen) atoms. The highest BCUT2D eigenvalue weighted by molar-refractivity contribution is 8.32. The number of hydrogen-bond donors (Lipinski definition) is 1. The molecule has 1 unspecified atom stereocenters. The number of carbonyl (C=O) groups is 1. The number of fused-ring (bicyclic) bond motifs is 4. The summed E-state index contributed by atoms with van der Waals surface area (Å²) in [5.74, 6) is 1.89. The summed E-state index contributed by atoms with van der Waals surface area (Å²) in [5.41, 5.74) is 3.64. The Hall–Kier alpha value is -3.06. The molecule has 2 aliphatic heterocycles. The fraction of sp³-hybridized carbons (Fsp3) is 0.600. The molecule has 0 spiro atoms. The lowest BCUT2D eigenvalue weighted by Crippen LogP contribution is -2.57. The highest BCUT2D eigenvalue weighted by Crippen LogP contribution is 2.41. The van der Waals surface area contributed by atoms with Crippen LogP contribution in [0.4, 0.5) is 10.6 Å². The molecule has 11 nitrogen and oxygen atoms in total. The fourth-order valence-corrected chi connectivity index (χ4v) is 7.82. The molecule has 2 bridgehead atoms. The zero-order valence-electron chi connectivity index (χ0n) is 29.3. The number of alkyl carbamates (subject to hydrolysis) is 1. The second-order valence-electron chi connectivity index (χ2n) is 15.0. The van der Waals surface area contributed by atoms with Crippen molar-refractivity contribution in [3.63, 3.8) is 0 Å². The minimum atomic E-state index is -0.677. The van der Waals surface area contributed by atoms with Crippen molar-refractivity contribution in [3.8, 4) is 11.1 Å². The molecule has 1 amide bonds. The molecule has 6 rings (SSSR count). The smallest absolute Gasteiger partial charge is 0.407 e. The first-order valence-electron chi connectivity index (χ1n) is 16.8. The maximum absolute atomic E-state index is 12.6. The van der Waals surface area contributed by atoms with E-state index in [1.807, 2.05) is 50.0 Å². The minimum Gasteiger partial charge on any atom is -0.444 e. The average Bonchev–Trinajstić information content (AvgIpc) is 3.58. The Morgan fingerprint density at radius 3 is 2.52 bits per heavy atom. The second kappa shape index (κ2) is 14.0. The molecule has 262 valence electrons. The van der Waals surface area contributed by atoms with E-state index in [4.69, 9.17) is 35.8 Å². The fourth-order valence-electron chi connectivity index (χ4n) is 6.89. The van der Waals surface area contributed by atoms with Gasteiger partial charge in [0.2, 0.25) is 0 Å².